The summed E-state index contributed by atoms with van der Waals surface area (Å²) in [5, 5.41) is 2.45. The fourth-order valence-electron chi connectivity index (χ4n) is 8.43. The minimum Gasteiger partial charge on any atom is -0.310 e. The molecule has 3 nitrogen and oxygen atoms in total. The van der Waals surface area contributed by atoms with E-state index in [1.165, 1.54) is 65.2 Å². The highest BCUT2D eigenvalue weighted by atomic mass is 32.2. The molecule has 4 heteroatoms. The van der Waals surface area contributed by atoms with Gasteiger partial charge in [-0.25, -0.2) is 0 Å². The lowest BCUT2D eigenvalue weighted by Crippen LogP contribution is -2.14. The van der Waals surface area contributed by atoms with E-state index >= 15 is 0 Å². The molecule has 1 aliphatic heterocycles. The third-order valence-electron chi connectivity index (χ3n) is 11.2. The predicted octanol–water partition coefficient (Wildman–Crippen LogP) is 15.5. The van der Waals surface area contributed by atoms with E-state index in [1.54, 1.807) is 0 Å². The van der Waals surface area contributed by atoms with E-state index in [0.717, 1.165) is 28.4 Å². The number of hydrogen-bond donors (Lipinski definition) is 0. The molecule has 0 unspecified atom stereocenters. The number of para-hydroxylation sites is 4. The van der Waals surface area contributed by atoms with Crippen LogP contribution in [0.25, 0.3) is 49.7 Å². The van der Waals surface area contributed by atoms with Gasteiger partial charge in [-0.2, -0.15) is 0 Å². The number of nitrogens with zero attached hydrogens (tertiary/aromatic N) is 3. The molecule has 58 heavy (non-hydrogen) atoms. The van der Waals surface area contributed by atoms with Crippen LogP contribution in [0.5, 0.6) is 0 Å². The molecule has 1 aromatic heterocycles. The zero-order valence-electron chi connectivity index (χ0n) is 31.6. The van der Waals surface area contributed by atoms with Gasteiger partial charge in [-0.15, -0.1) is 0 Å². The van der Waals surface area contributed by atoms with Crippen molar-refractivity contribution in [3.8, 4) is 27.9 Å². The van der Waals surface area contributed by atoms with Crippen molar-refractivity contribution >= 4 is 67.7 Å². The predicted molar refractivity (Wildman–Crippen MR) is 245 cm³/mol. The summed E-state index contributed by atoms with van der Waals surface area (Å²) in [5.74, 6) is 0. The molecule has 0 saturated heterocycles. The first kappa shape index (κ1) is 34.0. The van der Waals surface area contributed by atoms with Gasteiger partial charge in [0, 0.05) is 49.0 Å². The summed E-state index contributed by atoms with van der Waals surface area (Å²) in [6.45, 7) is 0. The lowest BCUT2D eigenvalue weighted by molar-refractivity contribution is 1.17. The fraction of sp³-hybridized carbons (Fsp3) is 0. The normalized spacial score (nSPS) is 12.0. The second-order valence-electron chi connectivity index (χ2n) is 14.6. The van der Waals surface area contributed by atoms with E-state index < -0.39 is 0 Å². The highest BCUT2D eigenvalue weighted by Crippen LogP contribution is 2.52. The molecule has 0 amide bonds. The van der Waals surface area contributed by atoms with Gasteiger partial charge in [-0.05, 0) is 119 Å². The molecule has 0 bridgehead atoms. The molecular formula is C54H37N3S. The van der Waals surface area contributed by atoms with Crippen LogP contribution >= 0.6 is 11.8 Å². The molecule has 0 fully saturated rings. The second kappa shape index (κ2) is 14.3. The number of benzene rings is 9. The minimum atomic E-state index is 1.10. The second-order valence-corrected chi connectivity index (χ2v) is 15.7. The van der Waals surface area contributed by atoms with E-state index in [0.29, 0.717) is 0 Å². The van der Waals surface area contributed by atoms with Crippen LogP contribution in [0, 0.1) is 0 Å². The van der Waals surface area contributed by atoms with Gasteiger partial charge in [0.15, 0.2) is 0 Å². The third-order valence-corrected chi connectivity index (χ3v) is 12.3. The Morgan fingerprint density at radius 1 is 0.328 bits per heavy atom. The Balaban J connectivity index is 1.01. The maximum Gasteiger partial charge on any atom is 0.0602 e. The number of anilines is 6. The standard InChI is InChI=1S/C54H37N3S/c1-4-14-38(15-5-1)39-24-29-44(30-25-39)55(46-33-35-50-48(37-46)47-20-10-11-21-49(47)56(50)42-16-6-2-7-17-42)45-31-26-40(27-32-45)41-28-34-52-54(36-41)58-53-23-13-12-22-51(53)57(52)43-18-8-3-9-19-43/h1-37H. The monoisotopic (exact) mass is 759 g/mol. The summed E-state index contributed by atoms with van der Waals surface area (Å²) in [4.78, 5) is 7.25. The van der Waals surface area contributed by atoms with Crippen molar-refractivity contribution < 1.29 is 0 Å². The van der Waals surface area contributed by atoms with Crippen LogP contribution in [0.15, 0.2) is 234 Å². The van der Waals surface area contributed by atoms with Crippen LogP contribution in [0.4, 0.5) is 34.1 Å². The van der Waals surface area contributed by atoms with Crippen LogP contribution in [0.2, 0.25) is 0 Å². The van der Waals surface area contributed by atoms with Crippen LogP contribution in [0.3, 0.4) is 0 Å². The van der Waals surface area contributed by atoms with Gasteiger partial charge in [-0.3, -0.25) is 0 Å². The van der Waals surface area contributed by atoms with Crippen LogP contribution < -0.4 is 9.80 Å². The number of fused-ring (bicyclic) bond motifs is 5. The Morgan fingerprint density at radius 3 is 1.57 bits per heavy atom. The molecule has 2 heterocycles. The Labute approximate surface area is 342 Å². The largest absolute Gasteiger partial charge is 0.310 e. The smallest absolute Gasteiger partial charge is 0.0602 e. The Bertz CT molecular complexity index is 3070. The third kappa shape index (κ3) is 5.94. The first-order valence-electron chi connectivity index (χ1n) is 19.7. The summed E-state index contributed by atoms with van der Waals surface area (Å²) in [7, 11) is 0. The fourth-order valence-corrected chi connectivity index (χ4v) is 9.53. The quantitative estimate of drug-likeness (QED) is 0.160. The molecule has 0 atom stereocenters. The van der Waals surface area contributed by atoms with Crippen molar-refractivity contribution in [2.24, 2.45) is 0 Å². The molecule has 9 aromatic carbocycles. The van der Waals surface area contributed by atoms with Gasteiger partial charge in [-0.1, -0.05) is 139 Å². The van der Waals surface area contributed by atoms with Crippen molar-refractivity contribution in [3.63, 3.8) is 0 Å². The topological polar surface area (TPSA) is 11.4 Å². The molecule has 0 saturated carbocycles. The lowest BCUT2D eigenvalue weighted by Gasteiger charge is -2.33. The minimum absolute atomic E-state index is 1.10. The van der Waals surface area contributed by atoms with E-state index in [4.69, 9.17) is 0 Å². The maximum atomic E-state index is 2.38. The summed E-state index contributed by atoms with van der Waals surface area (Å²) in [6.07, 6.45) is 0. The molecule has 0 spiro atoms. The summed E-state index contributed by atoms with van der Waals surface area (Å²) < 4.78 is 2.37. The average Bonchev–Trinajstić information content (AvgIpc) is 3.63. The van der Waals surface area contributed by atoms with Gasteiger partial charge in [0.1, 0.15) is 0 Å². The number of rotatable bonds is 7. The number of aromatic nitrogens is 1. The Kier molecular flexibility index (Phi) is 8.41. The van der Waals surface area contributed by atoms with Crippen molar-refractivity contribution in [2.45, 2.75) is 9.79 Å². The first-order chi connectivity index (χ1) is 28.8. The van der Waals surface area contributed by atoms with E-state index in [1.807, 2.05) is 11.8 Å². The summed E-state index contributed by atoms with van der Waals surface area (Å²) in [5.41, 5.74) is 15.2. The van der Waals surface area contributed by atoms with Crippen LogP contribution in [-0.2, 0) is 0 Å². The lowest BCUT2D eigenvalue weighted by atomic mass is 10.0. The highest BCUT2D eigenvalue weighted by Gasteiger charge is 2.25. The molecule has 0 radical (unpaired) electrons. The molecule has 0 N–H and O–H groups in total. The van der Waals surface area contributed by atoms with Crippen molar-refractivity contribution in [2.75, 3.05) is 9.80 Å². The van der Waals surface area contributed by atoms with Crippen molar-refractivity contribution in [1.29, 1.82) is 0 Å². The highest BCUT2D eigenvalue weighted by molar-refractivity contribution is 7.99. The van der Waals surface area contributed by atoms with Gasteiger partial charge in [0.2, 0.25) is 0 Å². The summed E-state index contributed by atoms with van der Waals surface area (Å²) in [6, 6.07) is 81.1. The molecular weight excluding hydrogens is 723 g/mol. The zero-order valence-corrected chi connectivity index (χ0v) is 32.4. The van der Waals surface area contributed by atoms with Crippen LogP contribution in [-0.4, -0.2) is 4.57 Å². The maximum absolute atomic E-state index is 2.38. The molecule has 0 aliphatic carbocycles. The van der Waals surface area contributed by atoms with E-state index in [2.05, 4.69) is 239 Å². The van der Waals surface area contributed by atoms with E-state index in [9.17, 15) is 0 Å². The average molecular weight is 760 g/mol. The van der Waals surface area contributed by atoms with Gasteiger partial charge >= 0.3 is 0 Å². The van der Waals surface area contributed by atoms with Crippen molar-refractivity contribution in [3.05, 3.63) is 224 Å². The van der Waals surface area contributed by atoms with Gasteiger partial charge in [0.25, 0.3) is 0 Å². The summed E-state index contributed by atoms with van der Waals surface area (Å²) >= 11 is 1.84. The SMILES string of the molecule is c1ccc(-c2ccc(N(c3ccc(-c4ccc5c(c4)Sc4ccccc4N5c4ccccc4)cc3)c3ccc4c(c3)c3ccccc3n4-c3ccccc3)cc2)cc1. The Morgan fingerprint density at radius 2 is 0.845 bits per heavy atom. The molecule has 274 valence electrons. The van der Waals surface area contributed by atoms with Gasteiger partial charge < -0.3 is 14.4 Å². The molecule has 1 aliphatic rings. The van der Waals surface area contributed by atoms with Crippen LogP contribution in [0.1, 0.15) is 0 Å². The van der Waals surface area contributed by atoms with Crippen molar-refractivity contribution in [1.82, 2.24) is 4.57 Å². The number of hydrogen-bond acceptors (Lipinski definition) is 3. The Hall–Kier alpha value is -7.27. The molecule has 10 aromatic rings. The van der Waals surface area contributed by atoms with E-state index in [-0.39, 0.29) is 0 Å². The van der Waals surface area contributed by atoms with Gasteiger partial charge in [0.05, 0.1) is 22.4 Å². The molecule has 11 rings (SSSR count). The first-order valence-corrected chi connectivity index (χ1v) is 20.5. The zero-order chi connectivity index (χ0) is 38.4.